The third-order valence-corrected chi connectivity index (χ3v) is 7.52. The number of hydrogen-bond acceptors (Lipinski definition) is 4. The van der Waals surface area contributed by atoms with E-state index in [0.29, 0.717) is 0 Å². The third kappa shape index (κ3) is 1.96. The Balaban J connectivity index is 1.80. The first-order valence-corrected chi connectivity index (χ1v) is 10.9. The van der Waals surface area contributed by atoms with Crippen LogP contribution in [0.4, 0.5) is 0 Å². The van der Waals surface area contributed by atoms with Crippen molar-refractivity contribution in [3.8, 4) is 0 Å². The Morgan fingerprint density at radius 3 is 2.86 bits per heavy atom. The number of rotatable bonds is 4. The van der Waals surface area contributed by atoms with E-state index in [-0.39, 0.29) is 23.8 Å². The van der Waals surface area contributed by atoms with Crippen LogP contribution in [0.15, 0.2) is 46.8 Å². The molecule has 4 aliphatic carbocycles. The molecule has 4 heteroatoms. The lowest BCUT2D eigenvalue weighted by molar-refractivity contribution is -0.176. The fourth-order valence-corrected chi connectivity index (χ4v) is 6.57. The van der Waals surface area contributed by atoms with E-state index in [1.807, 2.05) is 6.08 Å². The van der Waals surface area contributed by atoms with Crippen molar-refractivity contribution in [3.63, 3.8) is 0 Å². The highest BCUT2D eigenvalue weighted by Gasteiger charge is 2.75. The van der Waals surface area contributed by atoms with Crippen LogP contribution in [0, 0.1) is 17.3 Å². The van der Waals surface area contributed by atoms with Crippen LogP contribution in [0.2, 0.25) is 0 Å². The molecular weight excluding hydrogens is 352 g/mol. The zero-order chi connectivity index (χ0) is 19.5. The van der Waals surface area contributed by atoms with Crippen LogP contribution in [-0.2, 0) is 19.1 Å². The van der Waals surface area contributed by atoms with E-state index >= 15 is 0 Å². The number of carbonyl (C=O) groups is 2. The smallest absolute Gasteiger partial charge is 0.340 e. The zero-order valence-electron chi connectivity index (χ0n) is 16.8. The maximum atomic E-state index is 13.0. The van der Waals surface area contributed by atoms with Crippen LogP contribution in [-0.4, -0.2) is 17.5 Å². The van der Waals surface area contributed by atoms with Crippen molar-refractivity contribution in [2.45, 2.75) is 70.8 Å². The second-order valence-corrected chi connectivity index (χ2v) is 8.79. The average molecular weight is 380 g/mol. The summed E-state index contributed by atoms with van der Waals surface area (Å²) in [5, 5.41) is 0. The lowest BCUT2D eigenvalue weighted by Crippen LogP contribution is -2.63. The van der Waals surface area contributed by atoms with Gasteiger partial charge in [0, 0.05) is 5.92 Å². The molecule has 1 saturated carbocycles. The van der Waals surface area contributed by atoms with Crippen molar-refractivity contribution in [1.29, 1.82) is 0 Å². The quantitative estimate of drug-likeness (QED) is 0.650. The summed E-state index contributed by atoms with van der Waals surface area (Å²) in [5.41, 5.74) is 1.21. The Bertz CT molecular complexity index is 873. The molecule has 0 amide bonds. The fraction of sp³-hybridized carbons (Fsp3) is 0.583. The summed E-state index contributed by atoms with van der Waals surface area (Å²) in [6.45, 7) is 4.31. The maximum Gasteiger partial charge on any atom is 0.340 e. The van der Waals surface area contributed by atoms with Crippen LogP contribution in [0.1, 0.15) is 65.2 Å². The lowest BCUT2D eigenvalue weighted by Gasteiger charge is -2.59. The van der Waals surface area contributed by atoms with Crippen LogP contribution < -0.4 is 0 Å². The van der Waals surface area contributed by atoms with Gasteiger partial charge in [0.25, 0.3) is 0 Å². The van der Waals surface area contributed by atoms with Crippen molar-refractivity contribution >= 4 is 11.9 Å². The number of carbonyl (C=O) groups excluding carboxylic acids is 2. The summed E-state index contributed by atoms with van der Waals surface area (Å²) in [6.07, 6.45) is 15.7. The van der Waals surface area contributed by atoms with Gasteiger partial charge in [-0.1, -0.05) is 44.9 Å². The van der Waals surface area contributed by atoms with Gasteiger partial charge in [0.05, 0.1) is 11.1 Å². The molecule has 0 aromatic carbocycles. The minimum atomic E-state index is -0.751. The van der Waals surface area contributed by atoms with Gasteiger partial charge in [-0.15, -0.1) is 0 Å². The second-order valence-electron chi connectivity index (χ2n) is 8.79. The second kappa shape index (κ2) is 6.20. The first-order valence-electron chi connectivity index (χ1n) is 10.9. The van der Waals surface area contributed by atoms with Crippen molar-refractivity contribution in [3.05, 3.63) is 46.8 Å². The molecule has 2 aliphatic heterocycles. The van der Waals surface area contributed by atoms with E-state index in [1.54, 1.807) is 0 Å². The van der Waals surface area contributed by atoms with Crippen molar-refractivity contribution in [2.75, 3.05) is 0 Å². The predicted molar refractivity (Wildman–Crippen MR) is 105 cm³/mol. The molecule has 148 valence electrons. The number of hydrogen-bond donors (Lipinski definition) is 0. The van der Waals surface area contributed by atoms with Crippen molar-refractivity contribution < 1.29 is 19.1 Å². The van der Waals surface area contributed by atoms with Gasteiger partial charge in [-0.3, -0.25) is 0 Å². The minimum absolute atomic E-state index is 0.206. The molecule has 28 heavy (non-hydrogen) atoms. The molecule has 2 spiro atoms. The summed E-state index contributed by atoms with van der Waals surface area (Å²) in [4.78, 5) is 25.9. The summed E-state index contributed by atoms with van der Waals surface area (Å²) in [6, 6.07) is 0. The van der Waals surface area contributed by atoms with Gasteiger partial charge in [-0.05, 0) is 56.1 Å². The number of unbranched alkanes of at least 4 members (excludes halogenated alkanes) is 1. The summed E-state index contributed by atoms with van der Waals surface area (Å²) in [5.74, 6) is 0.749. The van der Waals surface area contributed by atoms with Crippen LogP contribution in [0.5, 0.6) is 0 Å². The highest BCUT2D eigenvalue weighted by atomic mass is 16.6. The Hall–Kier alpha value is -2.10. The van der Waals surface area contributed by atoms with Crippen LogP contribution in [0.3, 0.4) is 0 Å². The number of allylic oxidation sites excluding steroid dienone is 3. The SMILES string of the molecule is CCC/C=C1/OC(=O)C2=C[C@H]3CC[C@]21C1(OC(=O)C2=C1CCC=C2)C3CCC. The number of fused-ring (bicyclic) bond motifs is 1. The van der Waals surface area contributed by atoms with E-state index in [9.17, 15) is 9.59 Å². The topological polar surface area (TPSA) is 52.6 Å². The summed E-state index contributed by atoms with van der Waals surface area (Å²) < 4.78 is 12.3. The van der Waals surface area contributed by atoms with E-state index in [2.05, 4.69) is 32.1 Å². The molecule has 1 saturated heterocycles. The molecule has 2 unspecified atom stereocenters. The Morgan fingerprint density at radius 2 is 2.07 bits per heavy atom. The van der Waals surface area contributed by atoms with Gasteiger partial charge >= 0.3 is 11.9 Å². The molecule has 4 atom stereocenters. The van der Waals surface area contributed by atoms with Gasteiger partial charge in [-0.2, -0.15) is 0 Å². The van der Waals surface area contributed by atoms with Gasteiger partial charge < -0.3 is 9.47 Å². The standard InChI is InChI=1S/C24H28O4/c1-3-5-11-20-23-13-12-15(14-19(23)22(26)27-20)17(8-4-2)24(23)18-10-7-6-9-16(18)21(25)28-24/h6,9,11,14-15,17H,3-5,7-8,10,12-13H2,1-2H3/b20-11+/t15-,17?,23+,24?/m1/s1. The summed E-state index contributed by atoms with van der Waals surface area (Å²) >= 11 is 0. The van der Waals surface area contributed by atoms with E-state index in [1.165, 1.54) is 0 Å². The fourth-order valence-electron chi connectivity index (χ4n) is 6.57. The molecule has 2 heterocycles. The first kappa shape index (κ1) is 18.0. The molecule has 0 radical (unpaired) electrons. The monoisotopic (exact) mass is 380 g/mol. The van der Waals surface area contributed by atoms with Crippen molar-refractivity contribution in [1.82, 2.24) is 0 Å². The van der Waals surface area contributed by atoms with E-state index in [4.69, 9.17) is 9.47 Å². The molecule has 4 nitrogen and oxygen atoms in total. The zero-order valence-corrected chi connectivity index (χ0v) is 16.8. The molecule has 2 fully saturated rings. The number of ether oxygens (including phenoxy) is 2. The van der Waals surface area contributed by atoms with Crippen LogP contribution >= 0.6 is 0 Å². The molecule has 0 aromatic heterocycles. The molecular formula is C24H28O4. The lowest BCUT2D eigenvalue weighted by atomic mass is 9.45. The minimum Gasteiger partial charge on any atom is -0.449 e. The Labute approximate surface area is 166 Å². The van der Waals surface area contributed by atoms with Crippen LogP contribution in [0.25, 0.3) is 0 Å². The van der Waals surface area contributed by atoms with Gasteiger partial charge in [0.1, 0.15) is 11.2 Å². The average Bonchev–Trinajstić information content (AvgIpc) is 3.17. The summed E-state index contributed by atoms with van der Waals surface area (Å²) in [7, 11) is 0. The van der Waals surface area contributed by atoms with Crippen molar-refractivity contribution in [2.24, 2.45) is 17.3 Å². The molecule has 2 bridgehead atoms. The highest BCUT2D eigenvalue weighted by molar-refractivity contribution is 6.00. The van der Waals surface area contributed by atoms with Gasteiger partial charge in [0.2, 0.25) is 0 Å². The van der Waals surface area contributed by atoms with E-state index < -0.39 is 11.0 Å². The van der Waals surface area contributed by atoms with Gasteiger partial charge in [0.15, 0.2) is 5.60 Å². The normalized spacial score (nSPS) is 39.4. The van der Waals surface area contributed by atoms with E-state index in [0.717, 1.165) is 73.8 Å². The molecule has 6 aliphatic rings. The number of cyclic esters (lactones) is 1. The molecule has 0 aromatic rings. The number of esters is 2. The largest absolute Gasteiger partial charge is 0.449 e. The molecule has 0 N–H and O–H groups in total. The Morgan fingerprint density at radius 1 is 1.21 bits per heavy atom. The molecule has 6 rings (SSSR count). The van der Waals surface area contributed by atoms with Gasteiger partial charge in [-0.25, -0.2) is 9.59 Å². The third-order valence-electron chi connectivity index (χ3n) is 7.52. The maximum absolute atomic E-state index is 13.0. The highest BCUT2D eigenvalue weighted by Crippen LogP contribution is 2.71. The predicted octanol–water partition coefficient (Wildman–Crippen LogP) is 4.92. The Kier molecular flexibility index (Phi) is 3.98. The first-order chi connectivity index (χ1) is 13.6.